The molecule has 1 atom stereocenters. The Morgan fingerprint density at radius 2 is 1.94 bits per heavy atom. The van der Waals surface area contributed by atoms with Crippen LogP contribution in [0.5, 0.6) is 0 Å². The second-order valence-electron chi connectivity index (χ2n) is 6.58. The van der Waals surface area contributed by atoms with Gasteiger partial charge in [-0.1, -0.05) is 20.3 Å². The zero-order chi connectivity index (χ0) is 12.4. The number of ether oxygens (including phenoxy) is 1. The van der Waals surface area contributed by atoms with Gasteiger partial charge < -0.3 is 10.5 Å². The van der Waals surface area contributed by atoms with E-state index in [4.69, 9.17) is 10.5 Å². The van der Waals surface area contributed by atoms with Crippen molar-refractivity contribution in [2.45, 2.75) is 51.5 Å². The fourth-order valence-corrected chi connectivity index (χ4v) is 3.76. The third kappa shape index (κ3) is 3.01. The lowest BCUT2D eigenvalue weighted by atomic mass is 9.67. The molecule has 0 spiro atoms. The van der Waals surface area contributed by atoms with Crippen LogP contribution in [0.3, 0.4) is 0 Å². The largest absolute Gasteiger partial charge is 0.380 e. The molecule has 1 unspecified atom stereocenters. The van der Waals surface area contributed by atoms with Crippen LogP contribution in [0.25, 0.3) is 0 Å². The standard InChI is InChI=1S/C14H28N2O/c1-13(2)5-3-6-14(11-13,12-15)16-7-4-9-17-10-8-16/h3-12,15H2,1-2H3. The molecule has 2 N–H and O–H groups in total. The smallest absolute Gasteiger partial charge is 0.0593 e. The lowest BCUT2D eigenvalue weighted by Gasteiger charge is -2.50. The molecule has 1 heterocycles. The first kappa shape index (κ1) is 13.3. The van der Waals surface area contributed by atoms with Crippen LogP contribution < -0.4 is 5.73 Å². The molecule has 1 aliphatic carbocycles. The van der Waals surface area contributed by atoms with Crippen molar-refractivity contribution in [3.8, 4) is 0 Å². The Bertz CT molecular complexity index is 247. The van der Waals surface area contributed by atoms with E-state index in [1.807, 2.05) is 0 Å². The lowest BCUT2D eigenvalue weighted by molar-refractivity contribution is 0.00828. The van der Waals surface area contributed by atoms with Gasteiger partial charge in [-0.3, -0.25) is 4.90 Å². The quantitative estimate of drug-likeness (QED) is 0.802. The molecule has 3 nitrogen and oxygen atoms in total. The van der Waals surface area contributed by atoms with Gasteiger partial charge in [-0.05, 0) is 31.1 Å². The Hall–Kier alpha value is -0.120. The Balaban J connectivity index is 2.11. The van der Waals surface area contributed by atoms with Crippen molar-refractivity contribution in [3.63, 3.8) is 0 Å². The van der Waals surface area contributed by atoms with E-state index in [0.29, 0.717) is 5.41 Å². The minimum atomic E-state index is 0.245. The highest BCUT2D eigenvalue weighted by Crippen LogP contribution is 2.43. The molecule has 0 aromatic carbocycles. The van der Waals surface area contributed by atoms with Crippen molar-refractivity contribution < 1.29 is 4.74 Å². The molecule has 17 heavy (non-hydrogen) atoms. The Labute approximate surface area is 106 Å². The number of hydrogen-bond donors (Lipinski definition) is 1. The van der Waals surface area contributed by atoms with Gasteiger partial charge >= 0.3 is 0 Å². The molecular weight excluding hydrogens is 212 g/mol. The zero-order valence-corrected chi connectivity index (χ0v) is 11.5. The van der Waals surface area contributed by atoms with Crippen LogP contribution in [-0.4, -0.2) is 43.3 Å². The molecule has 0 bridgehead atoms. The van der Waals surface area contributed by atoms with Crippen LogP contribution in [0.15, 0.2) is 0 Å². The van der Waals surface area contributed by atoms with Crippen LogP contribution in [0.2, 0.25) is 0 Å². The molecule has 0 radical (unpaired) electrons. The molecule has 0 aromatic heterocycles. The van der Waals surface area contributed by atoms with Crippen LogP contribution in [0.4, 0.5) is 0 Å². The highest BCUT2D eigenvalue weighted by Gasteiger charge is 2.43. The van der Waals surface area contributed by atoms with Gasteiger partial charge in [0.2, 0.25) is 0 Å². The highest BCUT2D eigenvalue weighted by molar-refractivity contribution is 4.99. The second-order valence-corrected chi connectivity index (χ2v) is 6.58. The summed E-state index contributed by atoms with van der Waals surface area (Å²) in [6.45, 7) is 9.61. The minimum absolute atomic E-state index is 0.245. The van der Waals surface area contributed by atoms with Gasteiger partial charge in [-0.25, -0.2) is 0 Å². The molecule has 0 aromatic rings. The van der Waals surface area contributed by atoms with E-state index in [1.165, 1.54) is 25.7 Å². The van der Waals surface area contributed by atoms with Crippen molar-refractivity contribution >= 4 is 0 Å². The molecule has 100 valence electrons. The average Bonchev–Trinajstić information content (AvgIpc) is 2.56. The summed E-state index contributed by atoms with van der Waals surface area (Å²) in [4.78, 5) is 2.63. The normalized spacial score (nSPS) is 35.5. The third-order valence-electron chi connectivity index (χ3n) is 4.58. The third-order valence-corrected chi connectivity index (χ3v) is 4.58. The van der Waals surface area contributed by atoms with E-state index in [1.54, 1.807) is 0 Å². The van der Waals surface area contributed by atoms with Gasteiger partial charge in [0.05, 0.1) is 6.61 Å². The summed E-state index contributed by atoms with van der Waals surface area (Å²) in [7, 11) is 0. The van der Waals surface area contributed by atoms with Crippen LogP contribution in [0.1, 0.15) is 46.0 Å². The SMILES string of the molecule is CC1(C)CCCC(CN)(N2CCCOCC2)C1. The molecule has 2 aliphatic rings. The fourth-order valence-electron chi connectivity index (χ4n) is 3.76. The van der Waals surface area contributed by atoms with E-state index in [0.717, 1.165) is 39.3 Å². The van der Waals surface area contributed by atoms with Crippen LogP contribution in [-0.2, 0) is 4.74 Å². The average molecular weight is 240 g/mol. The number of nitrogens with zero attached hydrogens (tertiary/aromatic N) is 1. The van der Waals surface area contributed by atoms with Gasteiger partial charge in [0.15, 0.2) is 0 Å². The molecule has 1 aliphatic heterocycles. The molecule has 1 saturated heterocycles. The number of rotatable bonds is 2. The predicted octanol–water partition coefficient (Wildman–Crippen LogP) is 2.01. The first-order chi connectivity index (χ1) is 8.08. The summed E-state index contributed by atoms with van der Waals surface area (Å²) in [6, 6.07) is 0. The van der Waals surface area contributed by atoms with Crippen LogP contribution in [0, 0.1) is 5.41 Å². The maximum atomic E-state index is 6.16. The molecule has 0 amide bonds. The molecular formula is C14H28N2O. The topological polar surface area (TPSA) is 38.5 Å². The molecule has 1 saturated carbocycles. The van der Waals surface area contributed by atoms with Crippen molar-refractivity contribution in [2.24, 2.45) is 11.1 Å². The summed E-state index contributed by atoms with van der Waals surface area (Å²) in [5.41, 5.74) is 6.85. The molecule has 2 rings (SSSR count). The van der Waals surface area contributed by atoms with Gasteiger partial charge in [-0.15, -0.1) is 0 Å². The number of hydrogen-bond acceptors (Lipinski definition) is 3. The van der Waals surface area contributed by atoms with Gasteiger partial charge in [0, 0.05) is 31.8 Å². The van der Waals surface area contributed by atoms with E-state index in [2.05, 4.69) is 18.7 Å². The summed E-state index contributed by atoms with van der Waals surface area (Å²) in [5, 5.41) is 0. The molecule has 2 fully saturated rings. The zero-order valence-electron chi connectivity index (χ0n) is 11.5. The fraction of sp³-hybridized carbons (Fsp3) is 1.00. The van der Waals surface area contributed by atoms with Crippen molar-refractivity contribution in [2.75, 3.05) is 32.8 Å². The minimum Gasteiger partial charge on any atom is -0.380 e. The van der Waals surface area contributed by atoms with E-state index >= 15 is 0 Å². The molecule has 3 heteroatoms. The van der Waals surface area contributed by atoms with Crippen molar-refractivity contribution in [1.29, 1.82) is 0 Å². The van der Waals surface area contributed by atoms with E-state index < -0.39 is 0 Å². The Morgan fingerprint density at radius 1 is 1.12 bits per heavy atom. The maximum absolute atomic E-state index is 6.16. The van der Waals surface area contributed by atoms with Crippen molar-refractivity contribution in [3.05, 3.63) is 0 Å². The van der Waals surface area contributed by atoms with E-state index in [-0.39, 0.29) is 5.54 Å². The lowest BCUT2D eigenvalue weighted by Crippen LogP contribution is -2.58. The van der Waals surface area contributed by atoms with Gasteiger partial charge in [-0.2, -0.15) is 0 Å². The van der Waals surface area contributed by atoms with Crippen molar-refractivity contribution in [1.82, 2.24) is 4.90 Å². The first-order valence-corrected chi connectivity index (χ1v) is 7.11. The van der Waals surface area contributed by atoms with E-state index in [9.17, 15) is 0 Å². The van der Waals surface area contributed by atoms with Gasteiger partial charge in [0.25, 0.3) is 0 Å². The number of nitrogens with two attached hydrogens (primary N) is 1. The first-order valence-electron chi connectivity index (χ1n) is 7.11. The highest BCUT2D eigenvalue weighted by atomic mass is 16.5. The monoisotopic (exact) mass is 240 g/mol. The summed E-state index contributed by atoms with van der Waals surface area (Å²) < 4.78 is 5.57. The maximum Gasteiger partial charge on any atom is 0.0593 e. The Morgan fingerprint density at radius 3 is 2.65 bits per heavy atom. The van der Waals surface area contributed by atoms with Gasteiger partial charge in [0.1, 0.15) is 0 Å². The Kier molecular flexibility index (Phi) is 4.11. The predicted molar refractivity (Wildman–Crippen MR) is 71.0 cm³/mol. The summed E-state index contributed by atoms with van der Waals surface area (Å²) >= 11 is 0. The summed E-state index contributed by atoms with van der Waals surface area (Å²) in [5.74, 6) is 0. The van der Waals surface area contributed by atoms with Crippen LogP contribution >= 0.6 is 0 Å². The summed E-state index contributed by atoms with van der Waals surface area (Å²) in [6.07, 6.45) is 6.34. The second kappa shape index (κ2) is 5.25.